The Bertz CT molecular complexity index is 568. The lowest BCUT2D eigenvalue weighted by Gasteiger charge is -2.15. The van der Waals surface area contributed by atoms with Gasteiger partial charge in [-0.3, -0.25) is 0 Å². The quantitative estimate of drug-likeness (QED) is 0.865. The SMILES string of the molecule is COC(=O)C(Nc1ccc(Br)cc1)c1csc(C)n1. The Morgan fingerprint density at radius 3 is 2.63 bits per heavy atom. The molecule has 0 amide bonds. The number of hydrogen-bond donors (Lipinski definition) is 1. The molecule has 1 aromatic carbocycles. The van der Waals surface area contributed by atoms with Crippen LogP contribution >= 0.6 is 27.3 Å². The fraction of sp³-hybridized carbons (Fsp3) is 0.231. The highest BCUT2D eigenvalue weighted by Gasteiger charge is 2.23. The van der Waals surface area contributed by atoms with Crippen LogP contribution in [0.25, 0.3) is 0 Å². The number of aryl methyl sites for hydroxylation is 1. The first-order valence-electron chi connectivity index (χ1n) is 5.62. The number of aromatic nitrogens is 1. The fourth-order valence-electron chi connectivity index (χ4n) is 1.60. The van der Waals surface area contributed by atoms with Gasteiger partial charge in [0.15, 0.2) is 6.04 Å². The molecule has 1 aromatic heterocycles. The molecule has 0 fully saturated rings. The van der Waals surface area contributed by atoms with E-state index in [0.29, 0.717) is 5.69 Å². The van der Waals surface area contributed by atoms with E-state index in [1.165, 1.54) is 18.4 Å². The first kappa shape index (κ1) is 14.0. The smallest absolute Gasteiger partial charge is 0.334 e. The molecule has 0 aliphatic rings. The zero-order chi connectivity index (χ0) is 13.8. The Balaban J connectivity index is 2.23. The number of hydrogen-bond acceptors (Lipinski definition) is 5. The van der Waals surface area contributed by atoms with E-state index in [-0.39, 0.29) is 5.97 Å². The van der Waals surface area contributed by atoms with E-state index in [1.807, 2.05) is 36.6 Å². The molecule has 0 aliphatic heterocycles. The van der Waals surface area contributed by atoms with Crippen molar-refractivity contribution in [2.45, 2.75) is 13.0 Å². The number of nitrogens with one attached hydrogen (secondary N) is 1. The molecule has 6 heteroatoms. The summed E-state index contributed by atoms with van der Waals surface area (Å²) in [6.45, 7) is 1.90. The number of ether oxygens (including phenoxy) is 1. The molecule has 0 spiro atoms. The van der Waals surface area contributed by atoms with Crippen molar-refractivity contribution in [1.82, 2.24) is 4.98 Å². The third kappa shape index (κ3) is 3.54. The van der Waals surface area contributed by atoms with Crippen LogP contribution in [0.3, 0.4) is 0 Å². The normalized spacial score (nSPS) is 11.9. The molecule has 4 nitrogen and oxygen atoms in total. The van der Waals surface area contributed by atoms with Gasteiger partial charge in [-0.25, -0.2) is 9.78 Å². The molecule has 0 saturated carbocycles. The van der Waals surface area contributed by atoms with Crippen LogP contribution in [-0.2, 0) is 9.53 Å². The van der Waals surface area contributed by atoms with Crippen molar-refractivity contribution in [2.75, 3.05) is 12.4 Å². The van der Waals surface area contributed by atoms with Crippen LogP contribution in [0.2, 0.25) is 0 Å². The van der Waals surface area contributed by atoms with Gasteiger partial charge in [-0.1, -0.05) is 15.9 Å². The highest BCUT2D eigenvalue weighted by molar-refractivity contribution is 9.10. The lowest BCUT2D eigenvalue weighted by molar-refractivity contribution is -0.141. The highest BCUT2D eigenvalue weighted by atomic mass is 79.9. The lowest BCUT2D eigenvalue weighted by atomic mass is 10.2. The van der Waals surface area contributed by atoms with Gasteiger partial charge >= 0.3 is 5.97 Å². The van der Waals surface area contributed by atoms with E-state index >= 15 is 0 Å². The maximum absolute atomic E-state index is 11.9. The topological polar surface area (TPSA) is 51.2 Å². The predicted octanol–water partition coefficient (Wildman–Crippen LogP) is 3.54. The number of methoxy groups -OCH3 is 1. The number of rotatable bonds is 4. The summed E-state index contributed by atoms with van der Waals surface area (Å²) in [5, 5.41) is 5.92. The Hall–Kier alpha value is -1.40. The molecule has 0 bridgehead atoms. The summed E-state index contributed by atoms with van der Waals surface area (Å²) in [6.07, 6.45) is 0. The van der Waals surface area contributed by atoms with Crippen LogP contribution in [-0.4, -0.2) is 18.1 Å². The van der Waals surface area contributed by atoms with Crippen molar-refractivity contribution in [2.24, 2.45) is 0 Å². The highest BCUT2D eigenvalue weighted by Crippen LogP contribution is 2.23. The third-order valence-electron chi connectivity index (χ3n) is 2.52. The first-order valence-corrected chi connectivity index (χ1v) is 7.29. The standard InChI is InChI=1S/C13H13BrN2O2S/c1-8-15-11(7-19-8)12(13(17)18-2)16-10-5-3-9(14)4-6-10/h3-7,12,16H,1-2H3. The van der Waals surface area contributed by atoms with Crippen LogP contribution in [0.4, 0.5) is 5.69 Å². The Morgan fingerprint density at radius 2 is 2.11 bits per heavy atom. The van der Waals surface area contributed by atoms with Gasteiger partial charge in [0, 0.05) is 15.5 Å². The molecule has 2 rings (SSSR count). The molecule has 2 aromatic rings. The second-order valence-electron chi connectivity index (χ2n) is 3.90. The third-order valence-corrected chi connectivity index (χ3v) is 3.85. The van der Waals surface area contributed by atoms with Crippen LogP contribution < -0.4 is 5.32 Å². The van der Waals surface area contributed by atoms with Crippen molar-refractivity contribution < 1.29 is 9.53 Å². The van der Waals surface area contributed by atoms with Crippen molar-refractivity contribution in [3.63, 3.8) is 0 Å². The summed E-state index contributed by atoms with van der Waals surface area (Å²) in [6, 6.07) is 7.00. The van der Waals surface area contributed by atoms with Crippen molar-refractivity contribution in [1.29, 1.82) is 0 Å². The molecule has 1 N–H and O–H groups in total. The van der Waals surface area contributed by atoms with Gasteiger partial charge in [0.05, 0.1) is 17.8 Å². The number of thiazole rings is 1. The predicted molar refractivity (Wildman–Crippen MR) is 79.4 cm³/mol. The van der Waals surface area contributed by atoms with E-state index in [9.17, 15) is 4.79 Å². The Labute approximate surface area is 124 Å². The van der Waals surface area contributed by atoms with E-state index in [4.69, 9.17) is 4.74 Å². The molecule has 1 heterocycles. The molecule has 19 heavy (non-hydrogen) atoms. The van der Waals surface area contributed by atoms with Crippen LogP contribution in [0.15, 0.2) is 34.1 Å². The van der Waals surface area contributed by atoms with E-state index < -0.39 is 6.04 Å². The van der Waals surface area contributed by atoms with E-state index in [0.717, 1.165) is 15.2 Å². The number of carbonyl (C=O) groups excluding carboxylic acids is 1. The number of benzene rings is 1. The summed E-state index contributed by atoms with van der Waals surface area (Å²) in [5.41, 5.74) is 1.52. The maximum atomic E-state index is 11.9. The minimum absolute atomic E-state index is 0.354. The maximum Gasteiger partial charge on any atom is 0.334 e. The van der Waals surface area contributed by atoms with Gasteiger partial charge in [0.2, 0.25) is 0 Å². The van der Waals surface area contributed by atoms with Gasteiger partial charge in [-0.2, -0.15) is 0 Å². The number of esters is 1. The Morgan fingerprint density at radius 1 is 1.42 bits per heavy atom. The van der Waals surface area contributed by atoms with Gasteiger partial charge < -0.3 is 10.1 Å². The van der Waals surface area contributed by atoms with Crippen molar-refractivity contribution >= 4 is 38.9 Å². The average Bonchev–Trinajstić information content (AvgIpc) is 2.83. The van der Waals surface area contributed by atoms with E-state index in [2.05, 4.69) is 26.2 Å². The van der Waals surface area contributed by atoms with Crippen LogP contribution in [0, 0.1) is 6.92 Å². The molecule has 1 unspecified atom stereocenters. The molecule has 100 valence electrons. The summed E-state index contributed by atoms with van der Waals surface area (Å²) in [5.74, 6) is -0.354. The fourth-order valence-corrected chi connectivity index (χ4v) is 2.50. The summed E-state index contributed by atoms with van der Waals surface area (Å²) >= 11 is 4.88. The molecular formula is C13H13BrN2O2S. The molecular weight excluding hydrogens is 328 g/mol. The monoisotopic (exact) mass is 340 g/mol. The largest absolute Gasteiger partial charge is 0.467 e. The van der Waals surface area contributed by atoms with Gasteiger partial charge in [-0.05, 0) is 31.2 Å². The zero-order valence-corrected chi connectivity index (χ0v) is 12.9. The average molecular weight is 341 g/mol. The number of carbonyl (C=O) groups is 1. The van der Waals surface area contributed by atoms with Gasteiger partial charge in [0.25, 0.3) is 0 Å². The van der Waals surface area contributed by atoms with Crippen LogP contribution in [0.5, 0.6) is 0 Å². The minimum Gasteiger partial charge on any atom is -0.467 e. The first-order chi connectivity index (χ1) is 9.10. The second kappa shape index (κ2) is 6.16. The number of anilines is 1. The molecule has 0 radical (unpaired) electrons. The summed E-state index contributed by atoms with van der Waals surface area (Å²) in [7, 11) is 1.37. The summed E-state index contributed by atoms with van der Waals surface area (Å²) < 4.78 is 5.81. The van der Waals surface area contributed by atoms with Gasteiger partial charge in [0.1, 0.15) is 0 Å². The van der Waals surface area contributed by atoms with Gasteiger partial charge in [-0.15, -0.1) is 11.3 Å². The number of nitrogens with zero attached hydrogens (tertiary/aromatic N) is 1. The zero-order valence-electron chi connectivity index (χ0n) is 10.5. The lowest BCUT2D eigenvalue weighted by Crippen LogP contribution is -2.22. The van der Waals surface area contributed by atoms with Crippen molar-refractivity contribution in [3.05, 3.63) is 44.8 Å². The number of halogens is 1. The second-order valence-corrected chi connectivity index (χ2v) is 5.88. The molecule has 1 atom stereocenters. The molecule has 0 aliphatic carbocycles. The Kier molecular flexibility index (Phi) is 4.55. The van der Waals surface area contributed by atoms with Crippen LogP contribution in [0.1, 0.15) is 16.7 Å². The molecule has 0 saturated heterocycles. The van der Waals surface area contributed by atoms with Crippen molar-refractivity contribution in [3.8, 4) is 0 Å². The summed E-state index contributed by atoms with van der Waals surface area (Å²) in [4.78, 5) is 16.2. The van der Waals surface area contributed by atoms with E-state index in [1.54, 1.807) is 0 Å². The minimum atomic E-state index is -0.587.